The van der Waals surface area contributed by atoms with Crippen LogP contribution >= 0.6 is 0 Å². The number of carboxylic acid groups (broad SMARTS) is 1. The molecule has 0 aliphatic rings. The number of hydrogen-bond acceptors (Lipinski definition) is 4. The summed E-state index contributed by atoms with van der Waals surface area (Å²) in [6.07, 6.45) is 0. The molecule has 0 atom stereocenters. The third-order valence-electron chi connectivity index (χ3n) is 2.33. The van der Waals surface area contributed by atoms with Crippen molar-refractivity contribution in [1.29, 1.82) is 0 Å². The molecule has 0 saturated heterocycles. The van der Waals surface area contributed by atoms with E-state index in [1.807, 2.05) is 0 Å². The van der Waals surface area contributed by atoms with Crippen molar-refractivity contribution in [2.45, 2.75) is 6.92 Å². The van der Waals surface area contributed by atoms with Crippen molar-refractivity contribution in [2.75, 3.05) is 5.32 Å². The first-order chi connectivity index (χ1) is 9.06. The molecule has 0 fully saturated rings. The molecule has 2 rings (SSSR count). The Morgan fingerprint density at radius 1 is 1.05 bits per heavy atom. The van der Waals surface area contributed by atoms with Crippen molar-refractivity contribution in [3.8, 4) is 0 Å². The van der Waals surface area contributed by atoms with Gasteiger partial charge in [-0.1, -0.05) is 12.1 Å². The average molecular weight is 257 g/mol. The number of amides is 1. The van der Waals surface area contributed by atoms with E-state index in [1.54, 1.807) is 25.1 Å². The molecule has 6 nitrogen and oxygen atoms in total. The number of anilines is 1. The van der Waals surface area contributed by atoms with E-state index in [0.29, 0.717) is 0 Å². The monoisotopic (exact) mass is 257 g/mol. The second-order valence-electron chi connectivity index (χ2n) is 3.83. The summed E-state index contributed by atoms with van der Waals surface area (Å²) in [5, 5.41) is 11.3. The highest BCUT2D eigenvalue weighted by atomic mass is 16.4. The van der Waals surface area contributed by atoms with E-state index in [9.17, 15) is 9.59 Å². The highest BCUT2D eigenvalue weighted by molar-refractivity contribution is 6.02. The second-order valence-corrected chi connectivity index (χ2v) is 3.83. The molecule has 0 aromatic carbocycles. The second kappa shape index (κ2) is 5.26. The summed E-state index contributed by atoms with van der Waals surface area (Å²) in [4.78, 5) is 30.5. The van der Waals surface area contributed by atoms with Gasteiger partial charge in [0.15, 0.2) is 5.69 Å². The fourth-order valence-electron chi connectivity index (χ4n) is 1.47. The Kier molecular flexibility index (Phi) is 3.51. The number of hydrogen-bond donors (Lipinski definition) is 2. The number of carbonyl (C=O) groups excluding carboxylic acids is 1. The molecule has 2 aromatic rings. The van der Waals surface area contributed by atoms with Crippen LogP contribution in [0, 0.1) is 6.92 Å². The molecule has 0 bridgehead atoms. The molecular weight excluding hydrogens is 246 g/mol. The van der Waals surface area contributed by atoms with Gasteiger partial charge < -0.3 is 10.4 Å². The van der Waals surface area contributed by atoms with Crippen LogP contribution in [0.15, 0.2) is 36.4 Å². The number of carboxylic acids is 1. The van der Waals surface area contributed by atoms with Crippen molar-refractivity contribution in [3.05, 3.63) is 53.5 Å². The zero-order chi connectivity index (χ0) is 13.8. The van der Waals surface area contributed by atoms with Gasteiger partial charge in [0.1, 0.15) is 11.5 Å². The molecule has 0 saturated carbocycles. The average Bonchev–Trinajstić information content (AvgIpc) is 2.39. The first-order valence-corrected chi connectivity index (χ1v) is 5.51. The lowest BCUT2D eigenvalue weighted by Crippen LogP contribution is -2.15. The summed E-state index contributed by atoms with van der Waals surface area (Å²) >= 11 is 0. The molecular formula is C13H11N3O3. The number of aromatic nitrogens is 2. The topological polar surface area (TPSA) is 92.2 Å². The maximum Gasteiger partial charge on any atom is 0.354 e. The molecule has 1 amide bonds. The number of pyridine rings is 2. The van der Waals surface area contributed by atoms with Crippen LogP contribution in [-0.2, 0) is 0 Å². The summed E-state index contributed by atoms with van der Waals surface area (Å²) in [6, 6.07) is 9.45. The summed E-state index contributed by atoms with van der Waals surface area (Å²) in [6.45, 7) is 1.78. The Bertz CT molecular complexity index is 641. The van der Waals surface area contributed by atoms with Gasteiger partial charge in [0.05, 0.1) is 0 Å². The molecule has 2 aromatic heterocycles. The maximum absolute atomic E-state index is 11.9. The quantitative estimate of drug-likeness (QED) is 0.873. The highest BCUT2D eigenvalue weighted by Gasteiger charge is 2.10. The minimum atomic E-state index is -1.15. The van der Waals surface area contributed by atoms with Crippen LogP contribution in [0.2, 0.25) is 0 Å². The first-order valence-electron chi connectivity index (χ1n) is 5.51. The van der Waals surface area contributed by atoms with Crippen molar-refractivity contribution in [2.24, 2.45) is 0 Å². The van der Waals surface area contributed by atoms with Crippen LogP contribution in [0.4, 0.5) is 5.82 Å². The van der Waals surface area contributed by atoms with E-state index in [2.05, 4.69) is 15.3 Å². The summed E-state index contributed by atoms with van der Waals surface area (Å²) in [7, 11) is 0. The van der Waals surface area contributed by atoms with Crippen LogP contribution in [0.3, 0.4) is 0 Å². The molecule has 0 unspecified atom stereocenters. The van der Waals surface area contributed by atoms with Gasteiger partial charge in [-0.3, -0.25) is 4.79 Å². The largest absolute Gasteiger partial charge is 0.477 e. The van der Waals surface area contributed by atoms with E-state index >= 15 is 0 Å². The summed E-state index contributed by atoms with van der Waals surface area (Å²) in [5.74, 6) is -1.41. The van der Waals surface area contributed by atoms with E-state index in [-0.39, 0.29) is 17.2 Å². The van der Waals surface area contributed by atoms with E-state index in [4.69, 9.17) is 5.11 Å². The van der Waals surface area contributed by atoms with Gasteiger partial charge in [0.25, 0.3) is 5.91 Å². The van der Waals surface area contributed by atoms with Gasteiger partial charge in [0, 0.05) is 5.69 Å². The summed E-state index contributed by atoms with van der Waals surface area (Å²) in [5.41, 5.74) is 0.845. The SMILES string of the molecule is Cc1cccc(C(=O)Nc2cccc(C(=O)O)n2)n1. The zero-order valence-electron chi connectivity index (χ0n) is 10.1. The third-order valence-corrected chi connectivity index (χ3v) is 2.33. The number of carbonyl (C=O) groups is 2. The Hall–Kier alpha value is -2.76. The Morgan fingerprint density at radius 3 is 2.42 bits per heavy atom. The van der Waals surface area contributed by atoms with E-state index < -0.39 is 11.9 Å². The Morgan fingerprint density at radius 2 is 1.74 bits per heavy atom. The molecule has 0 aliphatic carbocycles. The van der Waals surface area contributed by atoms with Crippen LogP contribution in [0.5, 0.6) is 0 Å². The van der Waals surface area contributed by atoms with E-state index in [1.165, 1.54) is 18.2 Å². The van der Waals surface area contributed by atoms with Crippen LogP contribution in [0.25, 0.3) is 0 Å². The molecule has 6 heteroatoms. The lowest BCUT2D eigenvalue weighted by atomic mass is 10.3. The highest BCUT2D eigenvalue weighted by Crippen LogP contribution is 2.07. The molecule has 0 spiro atoms. The van der Waals surface area contributed by atoms with Gasteiger partial charge in [0.2, 0.25) is 0 Å². The standard InChI is InChI=1S/C13H11N3O3/c1-8-4-2-5-9(14-8)12(17)16-11-7-3-6-10(15-11)13(18)19/h2-7H,1H3,(H,18,19)(H,15,16,17). The van der Waals surface area contributed by atoms with E-state index in [0.717, 1.165) is 5.69 Å². The van der Waals surface area contributed by atoms with Crippen molar-refractivity contribution in [1.82, 2.24) is 9.97 Å². The normalized spacial score (nSPS) is 9.95. The molecule has 2 N–H and O–H groups in total. The molecule has 2 heterocycles. The number of aromatic carboxylic acids is 1. The van der Waals surface area contributed by atoms with Gasteiger partial charge in [-0.15, -0.1) is 0 Å². The molecule has 19 heavy (non-hydrogen) atoms. The maximum atomic E-state index is 11.9. The van der Waals surface area contributed by atoms with Gasteiger partial charge in [-0.2, -0.15) is 0 Å². The van der Waals surface area contributed by atoms with Crippen molar-refractivity contribution in [3.63, 3.8) is 0 Å². The number of aryl methyl sites for hydroxylation is 1. The molecule has 0 radical (unpaired) electrons. The molecule has 96 valence electrons. The molecule has 0 aliphatic heterocycles. The van der Waals surface area contributed by atoms with Gasteiger partial charge in [-0.05, 0) is 31.2 Å². The van der Waals surface area contributed by atoms with Crippen molar-refractivity contribution < 1.29 is 14.7 Å². The predicted molar refractivity (Wildman–Crippen MR) is 68.1 cm³/mol. The van der Waals surface area contributed by atoms with Gasteiger partial charge in [-0.25, -0.2) is 14.8 Å². The van der Waals surface area contributed by atoms with Crippen LogP contribution in [-0.4, -0.2) is 27.0 Å². The van der Waals surface area contributed by atoms with Crippen LogP contribution < -0.4 is 5.32 Å². The lowest BCUT2D eigenvalue weighted by molar-refractivity contribution is 0.0690. The lowest BCUT2D eigenvalue weighted by Gasteiger charge is -2.05. The number of nitrogens with one attached hydrogen (secondary N) is 1. The predicted octanol–water partition coefficient (Wildman–Crippen LogP) is 1.74. The Balaban J connectivity index is 2.19. The first kappa shape index (κ1) is 12.7. The van der Waals surface area contributed by atoms with Gasteiger partial charge >= 0.3 is 5.97 Å². The zero-order valence-corrected chi connectivity index (χ0v) is 10.1. The summed E-state index contributed by atoms with van der Waals surface area (Å²) < 4.78 is 0. The van der Waals surface area contributed by atoms with Crippen molar-refractivity contribution >= 4 is 17.7 Å². The fraction of sp³-hybridized carbons (Fsp3) is 0.0769. The number of rotatable bonds is 3. The minimum absolute atomic E-state index is 0.130. The number of nitrogens with zero attached hydrogens (tertiary/aromatic N) is 2. The third kappa shape index (κ3) is 3.12. The van der Waals surface area contributed by atoms with Crippen LogP contribution in [0.1, 0.15) is 26.7 Å². The Labute approximate surface area is 109 Å². The fourth-order valence-corrected chi connectivity index (χ4v) is 1.47. The smallest absolute Gasteiger partial charge is 0.354 e. The minimum Gasteiger partial charge on any atom is -0.477 e.